The summed E-state index contributed by atoms with van der Waals surface area (Å²) in [6.45, 7) is 2.48. The molecule has 2 rings (SSSR count). The van der Waals surface area contributed by atoms with Crippen LogP contribution >= 0.6 is 11.6 Å². The number of hydrogen-bond donors (Lipinski definition) is 1. The molecule has 1 unspecified atom stereocenters. The summed E-state index contributed by atoms with van der Waals surface area (Å²) >= 11 is 5.60. The second kappa shape index (κ2) is 5.46. The highest BCUT2D eigenvalue weighted by Crippen LogP contribution is 2.19. The molecule has 1 aromatic rings. The van der Waals surface area contributed by atoms with Crippen LogP contribution in [-0.4, -0.2) is 24.7 Å². The van der Waals surface area contributed by atoms with Gasteiger partial charge in [-0.25, -0.2) is 9.37 Å². The van der Waals surface area contributed by atoms with Crippen LogP contribution in [0, 0.1) is 11.7 Å². The molecule has 5 heteroatoms. The Kier molecular flexibility index (Phi) is 3.96. The first-order valence-corrected chi connectivity index (χ1v) is 5.78. The van der Waals surface area contributed by atoms with Gasteiger partial charge in [0.2, 0.25) is 5.88 Å². The van der Waals surface area contributed by atoms with Crippen LogP contribution in [0.3, 0.4) is 0 Å². The van der Waals surface area contributed by atoms with Gasteiger partial charge in [0, 0.05) is 18.7 Å². The van der Waals surface area contributed by atoms with E-state index in [0.717, 1.165) is 25.9 Å². The fraction of sp³-hybridized carbons (Fsp3) is 0.545. The SMILES string of the molecule is Fc1cc(Cl)cnc1OCC1CCCNC1. The Labute approximate surface area is 99.0 Å². The van der Waals surface area contributed by atoms with Crippen LogP contribution in [0.4, 0.5) is 4.39 Å². The molecule has 0 amide bonds. The van der Waals surface area contributed by atoms with E-state index in [1.807, 2.05) is 0 Å². The average Bonchev–Trinajstić information content (AvgIpc) is 2.29. The molecule has 1 N–H and O–H groups in total. The number of nitrogens with one attached hydrogen (secondary N) is 1. The zero-order valence-electron chi connectivity index (χ0n) is 8.88. The first-order valence-electron chi connectivity index (χ1n) is 5.40. The van der Waals surface area contributed by atoms with Gasteiger partial charge in [-0.3, -0.25) is 0 Å². The number of halogens is 2. The smallest absolute Gasteiger partial charge is 0.250 e. The third-order valence-corrected chi connectivity index (χ3v) is 2.84. The van der Waals surface area contributed by atoms with Gasteiger partial charge in [0.15, 0.2) is 5.82 Å². The van der Waals surface area contributed by atoms with E-state index in [1.165, 1.54) is 12.3 Å². The summed E-state index contributed by atoms with van der Waals surface area (Å²) in [5, 5.41) is 3.56. The fourth-order valence-electron chi connectivity index (χ4n) is 1.77. The fourth-order valence-corrected chi connectivity index (χ4v) is 1.92. The molecule has 16 heavy (non-hydrogen) atoms. The maximum Gasteiger partial charge on any atom is 0.250 e. The molecule has 0 spiro atoms. The number of ether oxygens (including phenoxy) is 1. The molecule has 88 valence electrons. The third-order valence-electron chi connectivity index (χ3n) is 2.63. The van der Waals surface area contributed by atoms with Crippen LogP contribution in [0.5, 0.6) is 5.88 Å². The minimum Gasteiger partial charge on any atom is -0.475 e. The molecular formula is C11H14ClFN2O. The number of piperidine rings is 1. The number of hydrogen-bond acceptors (Lipinski definition) is 3. The maximum absolute atomic E-state index is 13.3. The summed E-state index contributed by atoms with van der Waals surface area (Å²) in [4.78, 5) is 3.81. The molecule has 1 aliphatic rings. The highest BCUT2D eigenvalue weighted by atomic mass is 35.5. The Morgan fingerprint density at radius 1 is 1.62 bits per heavy atom. The van der Waals surface area contributed by atoms with Crippen molar-refractivity contribution in [1.82, 2.24) is 10.3 Å². The third kappa shape index (κ3) is 3.06. The number of pyridine rings is 1. The highest BCUT2D eigenvalue weighted by Gasteiger charge is 2.15. The lowest BCUT2D eigenvalue weighted by Gasteiger charge is -2.22. The van der Waals surface area contributed by atoms with E-state index in [4.69, 9.17) is 16.3 Å². The minimum atomic E-state index is -0.503. The van der Waals surface area contributed by atoms with Crippen LogP contribution in [-0.2, 0) is 0 Å². The Morgan fingerprint density at radius 2 is 2.50 bits per heavy atom. The quantitative estimate of drug-likeness (QED) is 0.886. The molecule has 0 bridgehead atoms. The average molecular weight is 245 g/mol. The van der Waals surface area contributed by atoms with Crippen molar-refractivity contribution in [2.45, 2.75) is 12.8 Å². The van der Waals surface area contributed by atoms with Crippen LogP contribution in [0.2, 0.25) is 5.02 Å². The Morgan fingerprint density at radius 3 is 3.19 bits per heavy atom. The molecule has 1 aliphatic heterocycles. The van der Waals surface area contributed by atoms with Gasteiger partial charge in [-0.1, -0.05) is 11.6 Å². The van der Waals surface area contributed by atoms with Crippen LogP contribution in [0.15, 0.2) is 12.3 Å². The van der Waals surface area contributed by atoms with Gasteiger partial charge in [0.05, 0.1) is 11.6 Å². The second-order valence-corrected chi connectivity index (χ2v) is 4.40. The van der Waals surface area contributed by atoms with E-state index in [-0.39, 0.29) is 10.9 Å². The van der Waals surface area contributed by atoms with Crippen molar-refractivity contribution in [2.75, 3.05) is 19.7 Å². The lowest BCUT2D eigenvalue weighted by atomic mass is 10.0. The van der Waals surface area contributed by atoms with Crippen molar-refractivity contribution in [3.05, 3.63) is 23.1 Å². The monoisotopic (exact) mass is 244 g/mol. The first-order chi connectivity index (χ1) is 7.75. The van der Waals surface area contributed by atoms with Crippen molar-refractivity contribution in [3.8, 4) is 5.88 Å². The van der Waals surface area contributed by atoms with E-state index in [1.54, 1.807) is 0 Å². The number of nitrogens with zero attached hydrogens (tertiary/aromatic N) is 1. The standard InChI is InChI=1S/C11H14ClFN2O/c12-9-4-10(13)11(15-6-9)16-7-8-2-1-3-14-5-8/h4,6,8,14H,1-3,5,7H2. The summed E-state index contributed by atoms with van der Waals surface area (Å²) in [7, 11) is 0. The van der Waals surface area contributed by atoms with Gasteiger partial charge in [-0.15, -0.1) is 0 Å². The summed E-state index contributed by atoms with van der Waals surface area (Å²) in [5.41, 5.74) is 0. The summed E-state index contributed by atoms with van der Waals surface area (Å²) in [6.07, 6.45) is 3.64. The second-order valence-electron chi connectivity index (χ2n) is 3.96. The highest BCUT2D eigenvalue weighted by molar-refractivity contribution is 6.30. The van der Waals surface area contributed by atoms with Gasteiger partial charge in [-0.2, -0.15) is 0 Å². The van der Waals surface area contributed by atoms with Gasteiger partial charge in [-0.05, 0) is 25.5 Å². The number of rotatable bonds is 3. The zero-order valence-corrected chi connectivity index (χ0v) is 9.63. The molecular weight excluding hydrogens is 231 g/mol. The molecule has 1 saturated heterocycles. The van der Waals surface area contributed by atoms with Gasteiger partial charge < -0.3 is 10.1 Å². The lowest BCUT2D eigenvalue weighted by molar-refractivity contribution is 0.204. The van der Waals surface area contributed by atoms with Crippen LogP contribution < -0.4 is 10.1 Å². The summed E-state index contributed by atoms with van der Waals surface area (Å²) in [6, 6.07) is 1.21. The first kappa shape index (κ1) is 11.6. The van der Waals surface area contributed by atoms with E-state index < -0.39 is 5.82 Å². The predicted octanol–water partition coefficient (Wildman–Crippen LogP) is 2.25. The van der Waals surface area contributed by atoms with Crippen molar-refractivity contribution in [3.63, 3.8) is 0 Å². The Balaban J connectivity index is 1.88. The van der Waals surface area contributed by atoms with E-state index in [0.29, 0.717) is 12.5 Å². The molecule has 0 saturated carbocycles. The Hall–Kier alpha value is -0.870. The van der Waals surface area contributed by atoms with E-state index in [2.05, 4.69) is 10.3 Å². The molecule has 3 nitrogen and oxygen atoms in total. The van der Waals surface area contributed by atoms with Gasteiger partial charge >= 0.3 is 0 Å². The lowest BCUT2D eigenvalue weighted by Crippen LogP contribution is -2.33. The van der Waals surface area contributed by atoms with Gasteiger partial charge in [0.1, 0.15) is 0 Å². The van der Waals surface area contributed by atoms with Crippen molar-refractivity contribution in [1.29, 1.82) is 0 Å². The van der Waals surface area contributed by atoms with Crippen molar-refractivity contribution < 1.29 is 9.13 Å². The van der Waals surface area contributed by atoms with Crippen molar-refractivity contribution in [2.24, 2.45) is 5.92 Å². The zero-order chi connectivity index (χ0) is 11.4. The van der Waals surface area contributed by atoms with Gasteiger partial charge in [0.25, 0.3) is 0 Å². The number of aromatic nitrogens is 1. The summed E-state index contributed by atoms with van der Waals surface area (Å²) in [5.74, 6) is -0.0307. The molecule has 2 heterocycles. The maximum atomic E-state index is 13.3. The van der Waals surface area contributed by atoms with Crippen molar-refractivity contribution >= 4 is 11.6 Å². The topological polar surface area (TPSA) is 34.1 Å². The van der Waals surface area contributed by atoms with E-state index in [9.17, 15) is 4.39 Å². The Bertz CT molecular complexity index is 356. The molecule has 0 radical (unpaired) electrons. The molecule has 1 atom stereocenters. The van der Waals surface area contributed by atoms with Crippen LogP contribution in [0.25, 0.3) is 0 Å². The molecule has 0 aliphatic carbocycles. The largest absolute Gasteiger partial charge is 0.475 e. The molecule has 1 aromatic heterocycles. The normalized spacial score (nSPS) is 20.8. The molecule has 0 aromatic carbocycles. The van der Waals surface area contributed by atoms with Crippen LogP contribution in [0.1, 0.15) is 12.8 Å². The summed E-state index contributed by atoms with van der Waals surface area (Å²) < 4.78 is 18.7. The minimum absolute atomic E-state index is 0.0370. The van der Waals surface area contributed by atoms with E-state index >= 15 is 0 Å². The molecule has 1 fully saturated rings. The predicted molar refractivity (Wildman–Crippen MR) is 60.3 cm³/mol.